The number of rotatable bonds is 2. The molecule has 0 bridgehead atoms. The molecule has 0 aromatic carbocycles. The van der Waals surface area contributed by atoms with Gasteiger partial charge in [0.15, 0.2) is 0 Å². The predicted molar refractivity (Wildman–Crippen MR) is 86.5 cm³/mol. The summed E-state index contributed by atoms with van der Waals surface area (Å²) in [6, 6.07) is 7.94. The van der Waals surface area contributed by atoms with Crippen LogP contribution in [-0.2, 0) is 6.42 Å². The molecule has 0 aliphatic carbocycles. The van der Waals surface area contributed by atoms with Crippen molar-refractivity contribution < 1.29 is 9.32 Å². The Kier molecular flexibility index (Phi) is 3.35. The van der Waals surface area contributed by atoms with Gasteiger partial charge in [0.1, 0.15) is 0 Å². The van der Waals surface area contributed by atoms with Crippen LogP contribution in [0.25, 0.3) is 0 Å². The number of thiophene rings is 2. The van der Waals surface area contributed by atoms with E-state index in [4.69, 9.17) is 4.52 Å². The molecule has 1 aliphatic heterocycles. The Hall–Kier alpha value is -1.92. The van der Waals surface area contributed by atoms with Crippen molar-refractivity contribution >= 4 is 28.6 Å². The molecule has 4 nitrogen and oxygen atoms in total. The van der Waals surface area contributed by atoms with Crippen molar-refractivity contribution in [2.45, 2.75) is 19.4 Å². The number of hydrogen-bond acceptors (Lipinski definition) is 5. The van der Waals surface area contributed by atoms with Crippen LogP contribution in [0.2, 0.25) is 0 Å². The standard InChI is InChI=1S/C16H14N2O2S2/c1-10-9-12(20-17-10)16(19)18-6-4-13-11(5-8-22-13)15(18)14-3-2-7-21-14/h2-3,5,7-9,15H,4,6H2,1H3. The maximum absolute atomic E-state index is 12.9. The molecule has 0 spiro atoms. The first kappa shape index (κ1) is 13.7. The van der Waals surface area contributed by atoms with Crippen LogP contribution >= 0.6 is 22.7 Å². The molecule has 0 radical (unpaired) electrons. The molecule has 3 aromatic heterocycles. The van der Waals surface area contributed by atoms with E-state index in [1.807, 2.05) is 17.9 Å². The van der Waals surface area contributed by atoms with Crippen molar-refractivity contribution in [3.63, 3.8) is 0 Å². The van der Waals surface area contributed by atoms with Gasteiger partial charge < -0.3 is 9.42 Å². The maximum atomic E-state index is 12.9. The van der Waals surface area contributed by atoms with Crippen LogP contribution < -0.4 is 0 Å². The Morgan fingerprint density at radius 2 is 2.27 bits per heavy atom. The molecule has 1 aliphatic rings. The SMILES string of the molecule is Cc1cc(C(=O)N2CCc3sccc3C2c2cccs2)on1. The molecule has 4 rings (SSSR count). The van der Waals surface area contributed by atoms with Gasteiger partial charge in [-0.05, 0) is 41.8 Å². The Balaban J connectivity index is 1.76. The van der Waals surface area contributed by atoms with Crippen LogP contribution in [0.3, 0.4) is 0 Å². The first-order valence-corrected chi connectivity index (χ1v) is 8.84. The van der Waals surface area contributed by atoms with Gasteiger partial charge in [-0.3, -0.25) is 4.79 Å². The van der Waals surface area contributed by atoms with E-state index < -0.39 is 0 Å². The lowest BCUT2D eigenvalue weighted by Gasteiger charge is -2.34. The summed E-state index contributed by atoms with van der Waals surface area (Å²) < 4.78 is 5.18. The van der Waals surface area contributed by atoms with Crippen LogP contribution in [-0.4, -0.2) is 22.5 Å². The Labute approximate surface area is 136 Å². The first-order valence-electron chi connectivity index (χ1n) is 7.08. The normalized spacial score (nSPS) is 17.5. The van der Waals surface area contributed by atoms with Gasteiger partial charge in [-0.1, -0.05) is 11.2 Å². The van der Waals surface area contributed by atoms with Gasteiger partial charge in [0.25, 0.3) is 5.91 Å². The number of aryl methyl sites for hydroxylation is 1. The lowest BCUT2D eigenvalue weighted by molar-refractivity contribution is 0.0656. The summed E-state index contributed by atoms with van der Waals surface area (Å²) in [6.45, 7) is 2.53. The van der Waals surface area contributed by atoms with Crippen molar-refractivity contribution in [3.05, 3.63) is 61.8 Å². The fourth-order valence-corrected chi connectivity index (χ4v) is 4.65. The van der Waals surface area contributed by atoms with Gasteiger partial charge in [-0.25, -0.2) is 0 Å². The molecule has 0 saturated carbocycles. The molecule has 1 unspecified atom stereocenters. The zero-order chi connectivity index (χ0) is 15.1. The highest BCUT2D eigenvalue weighted by atomic mass is 32.1. The summed E-state index contributed by atoms with van der Waals surface area (Å²) in [7, 11) is 0. The summed E-state index contributed by atoms with van der Waals surface area (Å²) in [5.74, 6) is 0.230. The van der Waals surface area contributed by atoms with Gasteiger partial charge in [0.05, 0.1) is 11.7 Å². The summed E-state index contributed by atoms with van der Waals surface area (Å²) in [5, 5.41) is 8.00. The topological polar surface area (TPSA) is 46.3 Å². The molecule has 1 atom stereocenters. The number of hydrogen-bond donors (Lipinski definition) is 0. The highest BCUT2D eigenvalue weighted by Gasteiger charge is 2.35. The first-order chi connectivity index (χ1) is 10.7. The molecule has 3 aromatic rings. The number of amides is 1. The Bertz CT molecular complexity index is 804. The average Bonchev–Trinajstić information content (AvgIpc) is 3.26. The quantitative estimate of drug-likeness (QED) is 0.716. The zero-order valence-corrected chi connectivity index (χ0v) is 13.6. The molecule has 0 fully saturated rings. The average molecular weight is 330 g/mol. The molecule has 1 amide bonds. The van der Waals surface area contributed by atoms with Crippen molar-refractivity contribution in [1.29, 1.82) is 0 Å². The van der Waals surface area contributed by atoms with E-state index in [-0.39, 0.29) is 11.9 Å². The number of carbonyl (C=O) groups excluding carboxylic acids is 1. The van der Waals surface area contributed by atoms with E-state index in [2.05, 4.69) is 28.0 Å². The minimum Gasteiger partial charge on any atom is -0.351 e. The van der Waals surface area contributed by atoms with E-state index in [1.54, 1.807) is 28.7 Å². The van der Waals surface area contributed by atoms with E-state index in [0.717, 1.165) is 12.1 Å². The minimum absolute atomic E-state index is 0.0205. The number of aromatic nitrogens is 1. The van der Waals surface area contributed by atoms with E-state index >= 15 is 0 Å². The highest BCUT2D eigenvalue weighted by molar-refractivity contribution is 7.10. The van der Waals surface area contributed by atoms with Crippen LogP contribution in [0.5, 0.6) is 0 Å². The fourth-order valence-electron chi connectivity index (χ4n) is 2.89. The molecule has 0 N–H and O–H groups in total. The zero-order valence-electron chi connectivity index (χ0n) is 12.0. The van der Waals surface area contributed by atoms with Crippen LogP contribution in [0, 0.1) is 6.92 Å². The number of nitrogens with zero attached hydrogens (tertiary/aromatic N) is 2. The molecule has 6 heteroatoms. The fraction of sp³-hybridized carbons (Fsp3) is 0.250. The van der Waals surface area contributed by atoms with Gasteiger partial charge in [-0.2, -0.15) is 0 Å². The number of fused-ring (bicyclic) bond motifs is 1. The molecular weight excluding hydrogens is 316 g/mol. The van der Waals surface area contributed by atoms with Gasteiger partial charge in [0, 0.05) is 22.4 Å². The number of carbonyl (C=O) groups is 1. The third-order valence-electron chi connectivity index (χ3n) is 3.88. The summed E-state index contributed by atoms with van der Waals surface area (Å²) in [6.07, 6.45) is 0.897. The molecule has 4 heterocycles. The lowest BCUT2D eigenvalue weighted by atomic mass is 9.98. The summed E-state index contributed by atoms with van der Waals surface area (Å²) >= 11 is 3.45. The van der Waals surface area contributed by atoms with Crippen LogP contribution in [0.15, 0.2) is 39.5 Å². The predicted octanol–water partition coefficient (Wildman–Crippen LogP) is 3.89. The molecule has 0 saturated heterocycles. The Morgan fingerprint density at radius 1 is 1.36 bits per heavy atom. The van der Waals surface area contributed by atoms with E-state index in [1.165, 1.54) is 15.3 Å². The minimum atomic E-state index is -0.0872. The van der Waals surface area contributed by atoms with Gasteiger partial charge in [0.2, 0.25) is 5.76 Å². The largest absolute Gasteiger partial charge is 0.351 e. The monoisotopic (exact) mass is 330 g/mol. The molecule has 112 valence electrons. The second-order valence-electron chi connectivity index (χ2n) is 5.30. The van der Waals surface area contributed by atoms with Gasteiger partial charge in [-0.15, -0.1) is 22.7 Å². The van der Waals surface area contributed by atoms with Gasteiger partial charge >= 0.3 is 0 Å². The third-order valence-corrected chi connectivity index (χ3v) is 5.80. The summed E-state index contributed by atoms with van der Waals surface area (Å²) in [5.41, 5.74) is 1.97. The highest BCUT2D eigenvalue weighted by Crippen LogP contribution is 2.40. The van der Waals surface area contributed by atoms with Crippen LogP contribution in [0.1, 0.15) is 37.6 Å². The second kappa shape index (κ2) is 5.37. The smallest absolute Gasteiger partial charge is 0.293 e. The van der Waals surface area contributed by atoms with Crippen molar-refractivity contribution in [3.8, 4) is 0 Å². The van der Waals surface area contributed by atoms with Crippen LogP contribution in [0.4, 0.5) is 0 Å². The maximum Gasteiger partial charge on any atom is 0.293 e. The summed E-state index contributed by atoms with van der Waals surface area (Å²) in [4.78, 5) is 17.3. The molecule has 22 heavy (non-hydrogen) atoms. The van der Waals surface area contributed by atoms with E-state index in [9.17, 15) is 4.79 Å². The third kappa shape index (κ3) is 2.19. The lowest BCUT2D eigenvalue weighted by Crippen LogP contribution is -2.39. The molecular formula is C16H14N2O2S2. The van der Waals surface area contributed by atoms with E-state index in [0.29, 0.717) is 12.3 Å². The van der Waals surface area contributed by atoms with Crippen molar-refractivity contribution in [1.82, 2.24) is 10.1 Å². The second-order valence-corrected chi connectivity index (χ2v) is 7.28. The van der Waals surface area contributed by atoms with Crippen molar-refractivity contribution in [2.24, 2.45) is 0 Å². The Morgan fingerprint density at radius 3 is 3.00 bits per heavy atom. The van der Waals surface area contributed by atoms with Crippen molar-refractivity contribution in [2.75, 3.05) is 6.54 Å².